The van der Waals surface area contributed by atoms with Gasteiger partial charge in [0.05, 0.1) is 24.4 Å². The summed E-state index contributed by atoms with van der Waals surface area (Å²) in [5.74, 6) is -0.401. The molecule has 0 aliphatic heterocycles. The lowest BCUT2D eigenvalue weighted by molar-refractivity contribution is 0.0520. The van der Waals surface area contributed by atoms with Crippen molar-refractivity contribution in [3.05, 3.63) is 53.2 Å². The van der Waals surface area contributed by atoms with Crippen molar-refractivity contribution in [1.82, 2.24) is 9.97 Å². The molecule has 0 aliphatic carbocycles. The number of hydrogen-bond donors (Lipinski definition) is 1. The van der Waals surface area contributed by atoms with E-state index in [0.717, 1.165) is 21.7 Å². The summed E-state index contributed by atoms with van der Waals surface area (Å²) in [5, 5.41) is 3.56. The summed E-state index contributed by atoms with van der Waals surface area (Å²) in [4.78, 5) is 22.9. The fraction of sp³-hybridized carbons (Fsp3) is 0.278. The molecule has 25 heavy (non-hydrogen) atoms. The molecule has 0 fully saturated rings. The number of para-hydroxylation sites is 1. The molecular formula is C18H20N4O2S. The van der Waals surface area contributed by atoms with E-state index in [4.69, 9.17) is 15.5 Å². The number of ether oxygens (including phenoxy) is 1. The van der Waals surface area contributed by atoms with Gasteiger partial charge in [-0.15, -0.1) is 11.3 Å². The molecule has 2 aromatic heterocycles. The number of benzene rings is 1. The Labute approximate surface area is 150 Å². The van der Waals surface area contributed by atoms with Crippen LogP contribution in [0.4, 0.5) is 5.13 Å². The molecule has 0 aliphatic rings. The fourth-order valence-corrected chi connectivity index (χ4v) is 3.32. The Morgan fingerprint density at radius 3 is 2.88 bits per heavy atom. The first-order valence-electron chi connectivity index (χ1n) is 8.13. The van der Waals surface area contributed by atoms with Gasteiger partial charge in [-0.2, -0.15) is 0 Å². The minimum atomic E-state index is -0.401. The van der Waals surface area contributed by atoms with Crippen molar-refractivity contribution in [2.24, 2.45) is 5.73 Å². The highest BCUT2D eigenvalue weighted by atomic mass is 32.1. The molecule has 7 heteroatoms. The molecule has 0 radical (unpaired) electrons. The minimum Gasteiger partial charge on any atom is -0.461 e. The maximum Gasteiger partial charge on any atom is 0.357 e. The molecule has 2 N–H and O–H groups in total. The molecule has 2 heterocycles. The number of nitrogens with two attached hydrogens (primary N) is 1. The Hall–Kier alpha value is -2.51. The number of hydrogen-bond acceptors (Lipinski definition) is 7. The highest BCUT2D eigenvalue weighted by Gasteiger charge is 2.16. The zero-order valence-electron chi connectivity index (χ0n) is 14.0. The van der Waals surface area contributed by atoms with Crippen LogP contribution < -0.4 is 10.6 Å². The Morgan fingerprint density at radius 1 is 1.24 bits per heavy atom. The largest absolute Gasteiger partial charge is 0.461 e. The molecule has 0 unspecified atom stereocenters. The Morgan fingerprint density at radius 2 is 2.08 bits per heavy atom. The summed E-state index contributed by atoms with van der Waals surface area (Å²) in [6.45, 7) is 3.81. The molecule has 1 aromatic carbocycles. The third kappa shape index (κ3) is 4.12. The van der Waals surface area contributed by atoms with E-state index >= 15 is 0 Å². The zero-order chi connectivity index (χ0) is 17.6. The summed E-state index contributed by atoms with van der Waals surface area (Å²) < 4.78 is 5.00. The van der Waals surface area contributed by atoms with Crippen LogP contribution in [0, 0.1) is 0 Å². The molecule has 3 aromatic rings. The predicted molar refractivity (Wildman–Crippen MR) is 99.9 cm³/mol. The van der Waals surface area contributed by atoms with Gasteiger partial charge in [0.25, 0.3) is 0 Å². The van der Waals surface area contributed by atoms with Gasteiger partial charge in [0.2, 0.25) is 0 Å². The second-order valence-corrected chi connectivity index (χ2v) is 6.28. The maximum absolute atomic E-state index is 11.8. The van der Waals surface area contributed by atoms with E-state index in [-0.39, 0.29) is 0 Å². The summed E-state index contributed by atoms with van der Waals surface area (Å²) in [6, 6.07) is 12.1. The van der Waals surface area contributed by atoms with Crippen molar-refractivity contribution in [2.45, 2.75) is 13.5 Å². The van der Waals surface area contributed by atoms with Crippen LogP contribution in [0.25, 0.3) is 10.9 Å². The van der Waals surface area contributed by atoms with Crippen LogP contribution in [0.2, 0.25) is 0 Å². The Kier molecular flexibility index (Phi) is 5.57. The zero-order valence-corrected chi connectivity index (χ0v) is 14.8. The van der Waals surface area contributed by atoms with E-state index in [1.54, 1.807) is 12.3 Å². The van der Waals surface area contributed by atoms with Crippen LogP contribution in [0.5, 0.6) is 0 Å². The SMILES string of the molecule is CCOC(=O)c1csc(N(CCN)Cc2ccc3ccccc3n2)n1. The molecule has 3 rings (SSSR count). The summed E-state index contributed by atoms with van der Waals surface area (Å²) >= 11 is 1.41. The van der Waals surface area contributed by atoms with Crippen molar-refractivity contribution in [2.75, 3.05) is 24.6 Å². The minimum absolute atomic E-state index is 0.329. The van der Waals surface area contributed by atoms with Gasteiger partial charge in [0.1, 0.15) is 0 Å². The second-order valence-electron chi connectivity index (χ2n) is 5.44. The third-order valence-electron chi connectivity index (χ3n) is 3.66. The van der Waals surface area contributed by atoms with Crippen molar-refractivity contribution in [3.63, 3.8) is 0 Å². The fourth-order valence-electron chi connectivity index (χ4n) is 2.50. The van der Waals surface area contributed by atoms with Crippen molar-refractivity contribution < 1.29 is 9.53 Å². The van der Waals surface area contributed by atoms with Gasteiger partial charge in [-0.3, -0.25) is 4.98 Å². The monoisotopic (exact) mass is 356 g/mol. The highest BCUT2D eigenvalue weighted by Crippen LogP contribution is 2.23. The van der Waals surface area contributed by atoms with E-state index in [2.05, 4.69) is 11.1 Å². The number of nitrogens with zero attached hydrogens (tertiary/aromatic N) is 3. The van der Waals surface area contributed by atoms with E-state index < -0.39 is 5.97 Å². The average molecular weight is 356 g/mol. The number of thiazole rings is 1. The Balaban J connectivity index is 1.81. The van der Waals surface area contributed by atoms with Gasteiger partial charge >= 0.3 is 5.97 Å². The molecule has 0 spiro atoms. The highest BCUT2D eigenvalue weighted by molar-refractivity contribution is 7.13. The number of carbonyl (C=O) groups is 1. The molecule has 0 bridgehead atoms. The molecule has 0 amide bonds. The van der Waals surface area contributed by atoms with Crippen molar-refractivity contribution in [3.8, 4) is 0 Å². The predicted octanol–water partition coefficient (Wildman–Crippen LogP) is 2.83. The lowest BCUT2D eigenvalue weighted by atomic mass is 10.2. The smallest absolute Gasteiger partial charge is 0.357 e. The lowest BCUT2D eigenvalue weighted by Crippen LogP contribution is -2.29. The number of fused-ring (bicyclic) bond motifs is 1. The van der Waals surface area contributed by atoms with Gasteiger partial charge in [-0.05, 0) is 19.1 Å². The van der Waals surface area contributed by atoms with Crippen LogP contribution in [-0.4, -0.2) is 35.6 Å². The second kappa shape index (κ2) is 8.04. The molecule has 0 saturated heterocycles. The summed E-state index contributed by atoms with van der Waals surface area (Å²) in [5.41, 5.74) is 7.97. The van der Waals surface area contributed by atoms with Crippen LogP contribution >= 0.6 is 11.3 Å². The van der Waals surface area contributed by atoms with E-state index in [1.165, 1.54) is 11.3 Å². The van der Waals surface area contributed by atoms with Crippen molar-refractivity contribution >= 4 is 33.3 Å². The van der Waals surface area contributed by atoms with Gasteiger partial charge in [-0.25, -0.2) is 9.78 Å². The lowest BCUT2D eigenvalue weighted by Gasteiger charge is -2.20. The van der Waals surface area contributed by atoms with Gasteiger partial charge in [0, 0.05) is 23.9 Å². The number of aromatic nitrogens is 2. The number of pyridine rings is 1. The first kappa shape index (κ1) is 17.3. The number of carbonyl (C=O) groups excluding carboxylic acids is 1. The van der Waals surface area contributed by atoms with Crippen LogP contribution in [0.1, 0.15) is 23.1 Å². The number of anilines is 1. The molecule has 0 atom stereocenters. The standard InChI is InChI=1S/C18H20N4O2S/c1-2-24-17(23)16-12-25-18(21-16)22(10-9-19)11-14-8-7-13-5-3-4-6-15(13)20-14/h3-8,12H,2,9-11,19H2,1H3. The first-order valence-corrected chi connectivity index (χ1v) is 9.01. The van der Waals surface area contributed by atoms with Crippen LogP contribution in [0.15, 0.2) is 41.8 Å². The number of esters is 1. The molecule has 130 valence electrons. The molecule has 6 nitrogen and oxygen atoms in total. The van der Waals surface area contributed by atoms with E-state index in [0.29, 0.717) is 31.9 Å². The van der Waals surface area contributed by atoms with Gasteiger partial charge in [0.15, 0.2) is 10.8 Å². The van der Waals surface area contributed by atoms with E-state index in [1.807, 2.05) is 35.2 Å². The van der Waals surface area contributed by atoms with Crippen molar-refractivity contribution in [1.29, 1.82) is 0 Å². The van der Waals surface area contributed by atoms with Crippen LogP contribution in [-0.2, 0) is 11.3 Å². The first-order chi connectivity index (χ1) is 12.2. The third-order valence-corrected chi connectivity index (χ3v) is 4.56. The van der Waals surface area contributed by atoms with Crippen LogP contribution in [0.3, 0.4) is 0 Å². The van der Waals surface area contributed by atoms with Gasteiger partial charge in [-0.1, -0.05) is 24.3 Å². The normalized spacial score (nSPS) is 10.8. The maximum atomic E-state index is 11.8. The topological polar surface area (TPSA) is 81.3 Å². The number of rotatable bonds is 7. The Bertz CT molecular complexity index is 865. The average Bonchev–Trinajstić information content (AvgIpc) is 3.12. The van der Waals surface area contributed by atoms with E-state index in [9.17, 15) is 4.79 Å². The molecule has 0 saturated carbocycles. The van der Waals surface area contributed by atoms with Gasteiger partial charge < -0.3 is 15.4 Å². The summed E-state index contributed by atoms with van der Waals surface area (Å²) in [6.07, 6.45) is 0. The molecular weight excluding hydrogens is 336 g/mol. The quantitative estimate of drug-likeness (QED) is 0.656. The summed E-state index contributed by atoms with van der Waals surface area (Å²) in [7, 11) is 0.